The summed E-state index contributed by atoms with van der Waals surface area (Å²) in [5.74, 6) is 0.494. The number of nitrogen functional groups attached to an aromatic ring is 1. The molecule has 0 amide bonds. The number of aryl methyl sites for hydroxylation is 1. The molecule has 3 nitrogen and oxygen atoms in total. The van der Waals surface area contributed by atoms with Gasteiger partial charge in [0.15, 0.2) is 0 Å². The lowest BCUT2D eigenvalue weighted by molar-refractivity contribution is 0.481. The van der Waals surface area contributed by atoms with Gasteiger partial charge in [-0.1, -0.05) is 24.3 Å². The maximum absolute atomic E-state index is 11.6. The molecule has 0 radical (unpaired) electrons. The third-order valence-electron chi connectivity index (χ3n) is 3.99. The normalized spacial score (nSPS) is 17.8. The number of hydrogen-bond donors (Lipinski definition) is 1. The molecule has 1 aromatic carbocycles. The number of nitrogens with two attached hydrogens (primary N) is 1. The maximum atomic E-state index is 11.6. The van der Waals surface area contributed by atoms with Crippen LogP contribution in [0.25, 0.3) is 0 Å². The Hall–Kier alpha value is -1.55. The lowest BCUT2D eigenvalue weighted by atomic mass is 9.83. The SMILES string of the molecule is Nc1cn(CC2CCCc3ccccc32)cc(Br)c1=O. The molecule has 3 rings (SSSR count). The van der Waals surface area contributed by atoms with Crippen LogP contribution in [0.5, 0.6) is 0 Å². The molecule has 2 N–H and O–H groups in total. The third-order valence-corrected chi connectivity index (χ3v) is 4.55. The van der Waals surface area contributed by atoms with Gasteiger partial charge in [-0.3, -0.25) is 4.79 Å². The van der Waals surface area contributed by atoms with Gasteiger partial charge >= 0.3 is 0 Å². The number of halogens is 1. The van der Waals surface area contributed by atoms with Gasteiger partial charge in [0.2, 0.25) is 5.43 Å². The topological polar surface area (TPSA) is 48.0 Å². The Bertz CT molecular complexity index is 667. The van der Waals surface area contributed by atoms with Crippen LogP contribution in [0.15, 0.2) is 45.9 Å². The van der Waals surface area contributed by atoms with Crippen molar-refractivity contribution in [2.24, 2.45) is 0 Å². The fraction of sp³-hybridized carbons (Fsp3) is 0.312. The standard InChI is InChI=1S/C16H17BrN2O/c17-14-9-19(10-15(18)16(14)20)8-12-6-3-5-11-4-1-2-7-13(11)12/h1-2,4,7,9-10,12H,3,5-6,8,18H2. The van der Waals surface area contributed by atoms with E-state index in [0.29, 0.717) is 16.1 Å². The fourth-order valence-corrected chi connectivity index (χ4v) is 3.51. The Morgan fingerprint density at radius 2 is 2.10 bits per heavy atom. The summed E-state index contributed by atoms with van der Waals surface area (Å²) >= 11 is 3.28. The van der Waals surface area contributed by atoms with E-state index >= 15 is 0 Å². The van der Waals surface area contributed by atoms with Gasteiger partial charge in [-0.15, -0.1) is 0 Å². The van der Waals surface area contributed by atoms with Crippen LogP contribution in [0.2, 0.25) is 0 Å². The van der Waals surface area contributed by atoms with E-state index in [-0.39, 0.29) is 5.43 Å². The molecule has 0 bridgehead atoms. The summed E-state index contributed by atoms with van der Waals surface area (Å²) in [6.07, 6.45) is 7.14. The second-order valence-corrected chi connectivity index (χ2v) is 6.23. The van der Waals surface area contributed by atoms with Crippen molar-refractivity contribution < 1.29 is 0 Å². The van der Waals surface area contributed by atoms with E-state index in [1.807, 2.05) is 10.8 Å². The molecular weight excluding hydrogens is 316 g/mol. The molecule has 1 unspecified atom stereocenters. The zero-order valence-electron chi connectivity index (χ0n) is 11.2. The van der Waals surface area contributed by atoms with Crippen molar-refractivity contribution in [2.75, 3.05) is 5.73 Å². The first kappa shape index (κ1) is 13.4. The molecule has 0 fully saturated rings. The first-order chi connectivity index (χ1) is 9.65. The Labute approximate surface area is 126 Å². The molecule has 4 heteroatoms. The van der Waals surface area contributed by atoms with Crippen LogP contribution in [0.1, 0.15) is 29.9 Å². The minimum absolute atomic E-state index is 0.134. The monoisotopic (exact) mass is 332 g/mol. The third kappa shape index (κ3) is 2.52. The Morgan fingerprint density at radius 1 is 1.30 bits per heavy atom. The van der Waals surface area contributed by atoms with Crippen LogP contribution in [-0.4, -0.2) is 4.57 Å². The number of pyridine rings is 1. The summed E-state index contributed by atoms with van der Waals surface area (Å²) in [6.45, 7) is 0.861. The van der Waals surface area contributed by atoms with Crippen LogP contribution in [0, 0.1) is 0 Å². The van der Waals surface area contributed by atoms with E-state index in [9.17, 15) is 4.79 Å². The zero-order valence-corrected chi connectivity index (χ0v) is 12.8. The molecule has 0 saturated carbocycles. The van der Waals surface area contributed by atoms with E-state index in [4.69, 9.17) is 5.73 Å². The first-order valence-electron chi connectivity index (χ1n) is 6.88. The average molecular weight is 333 g/mol. The van der Waals surface area contributed by atoms with Crippen molar-refractivity contribution >= 4 is 21.6 Å². The van der Waals surface area contributed by atoms with Gasteiger partial charge in [0.25, 0.3) is 0 Å². The van der Waals surface area contributed by atoms with Crippen molar-refractivity contribution in [1.29, 1.82) is 0 Å². The quantitative estimate of drug-likeness (QED) is 0.917. The smallest absolute Gasteiger partial charge is 0.218 e. The highest BCUT2D eigenvalue weighted by molar-refractivity contribution is 9.10. The number of fused-ring (bicyclic) bond motifs is 1. The molecule has 1 aromatic heterocycles. The predicted molar refractivity (Wildman–Crippen MR) is 84.9 cm³/mol. The second kappa shape index (κ2) is 5.44. The van der Waals surface area contributed by atoms with Crippen molar-refractivity contribution in [2.45, 2.75) is 31.7 Å². The molecule has 0 saturated heterocycles. The fourth-order valence-electron chi connectivity index (χ4n) is 3.02. The number of rotatable bonds is 2. The summed E-state index contributed by atoms with van der Waals surface area (Å²) in [6, 6.07) is 8.65. The van der Waals surface area contributed by atoms with Crippen LogP contribution in [0.3, 0.4) is 0 Å². The van der Waals surface area contributed by atoms with Crippen LogP contribution in [-0.2, 0) is 13.0 Å². The molecule has 2 aromatic rings. The molecule has 1 heterocycles. The van der Waals surface area contributed by atoms with E-state index < -0.39 is 0 Å². The largest absolute Gasteiger partial charge is 0.394 e. The maximum Gasteiger partial charge on any atom is 0.218 e. The zero-order chi connectivity index (χ0) is 14.1. The summed E-state index contributed by atoms with van der Waals surface area (Å²) in [5.41, 5.74) is 8.81. The van der Waals surface area contributed by atoms with Gasteiger partial charge in [-0.25, -0.2) is 0 Å². The van der Waals surface area contributed by atoms with E-state index in [2.05, 4.69) is 40.2 Å². The van der Waals surface area contributed by atoms with Gasteiger partial charge in [-0.2, -0.15) is 0 Å². The van der Waals surface area contributed by atoms with Crippen molar-refractivity contribution in [3.63, 3.8) is 0 Å². The molecular formula is C16H17BrN2O. The van der Waals surface area contributed by atoms with Crippen LogP contribution < -0.4 is 11.2 Å². The molecule has 1 aliphatic carbocycles. The van der Waals surface area contributed by atoms with E-state index in [0.717, 1.165) is 6.54 Å². The predicted octanol–water partition coefficient (Wildman–Crippen LogP) is 3.31. The van der Waals surface area contributed by atoms with Gasteiger partial charge in [0.1, 0.15) is 0 Å². The number of hydrogen-bond acceptors (Lipinski definition) is 2. The highest BCUT2D eigenvalue weighted by atomic mass is 79.9. The van der Waals surface area contributed by atoms with Gasteiger partial charge in [0, 0.05) is 24.9 Å². The van der Waals surface area contributed by atoms with Crippen LogP contribution >= 0.6 is 15.9 Å². The molecule has 104 valence electrons. The van der Waals surface area contributed by atoms with Gasteiger partial charge in [0.05, 0.1) is 10.2 Å². The Morgan fingerprint density at radius 3 is 2.90 bits per heavy atom. The van der Waals surface area contributed by atoms with E-state index in [1.165, 1.54) is 30.4 Å². The van der Waals surface area contributed by atoms with Crippen molar-refractivity contribution in [1.82, 2.24) is 4.57 Å². The number of anilines is 1. The molecule has 0 spiro atoms. The molecule has 0 aliphatic heterocycles. The number of aromatic nitrogens is 1. The highest BCUT2D eigenvalue weighted by Crippen LogP contribution is 2.32. The lowest BCUT2D eigenvalue weighted by Crippen LogP contribution is -2.18. The highest BCUT2D eigenvalue weighted by Gasteiger charge is 2.20. The summed E-state index contributed by atoms with van der Waals surface area (Å²) in [5, 5.41) is 0. The average Bonchev–Trinajstić information content (AvgIpc) is 2.45. The van der Waals surface area contributed by atoms with Gasteiger partial charge < -0.3 is 10.3 Å². The Kier molecular flexibility index (Phi) is 3.66. The summed E-state index contributed by atoms with van der Waals surface area (Å²) in [7, 11) is 0. The lowest BCUT2D eigenvalue weighted by Gasteiger charge is -2.26. The van der Waals surface area contributed by atoms with Crippen molar-refractivity contribution in [3.8, 4) is 0 Å². The van der Waals surface area contributed by atoms with Crippen molar-refractivity contribution in [3.05, 3.63) is 62.5 Å². The number of benzene rings is 1. The number of nitrogens with zero attached hydrogens (tertiary/aromatic N) is 1. The van der Waals surface area contributed by atoms with Crippen LogP contribution in [0.4, 0.5) is 5.69 Å². The minimum Gasteiger partial charge on any atom is -0.394 e. The first-order valence-corrected chi connectivity index (χ1v) is 7.67. The summed E-state index contributed by atoms with van der Waals surface area (Å²) in [4.78, 5) is 11.6. The summed E-state index contributed by atoms with van der Waals surface area (Å²) < 4.78 is 2.55. The van der Waals surface area contributed by atoms with Gasteiger partial charge in [-0.05, 0) is 46.3 Å². The Balaban J connectivity index is 1.91. The minimum atomic E-state index is -0.134. The molecule has 1 aliphatic rings. The molecule has 1 atom stereocenters. The molecule has 20 heavy (non-hydrogen) atoms. The van der Waals surface area contributed by atoms with E-state index in [1.54, 1.807) is 6.20 Å². The second-order valence-electron chi connectivity index (χ2n) is 5.38.